The molecular weight excluding hydrogens is 272 g/mol. The lowest BCUT2D eigenvalue weighted by Crippen LogP contribution is -2.65. The van der Waals surface area contributed by atoms with E-state index >= 15 is 0 Å². The summed E-state index contributed by atoms with van der Waals surface area (Å²) < 4.78 is 5.76. The Kier molecular flexibility index (Phi) is 3.94. The summed E-state index contributed by atoms with van der Waals surface area (Å²) >= 11 is 0. The Labute approximate surface area is 135 Å². The van der Waals surface area contributed by atoms with Crippen molar-refractivity contribution >= 4 is 5.97 Å². The van der Waals surface area contributed by atoms with Crippen LogP contribution in [0.2, 0.25) is 0 Å². The molecule has 0 bridgehead atoms. The summed E-state index contributed by atoms with van der Waals surface area (Å²) in [6.07, 6.45) is 8.67. The van der Waals surface area contributed by atoms with Crippen molar-refractivity contribution in [1.82, 2.24) is 0 Å². The van der Waals surface area contributed by atoms with E-state index in [1.165, 1.54) is 31.3 Å². The second-order valence-electron chi connectivity index (χ2n) is 8.56. The quantitative estimate of drug-likeness (QED) is 0.540. The number of esters is 1. The van der Waals surface area contributed by atoms with Crippen LogP contribution in [0.5, 0.6) is 0 Å². The van der Waals surface area contributed by atoms with Gasteiger partial charge in [-0.15, -0.1) is 0 Å². The van der Waals surface area contributed by atoms with Gasteiger partial charge in [0.05, 0.1) is 12.5 Å². The maximum Gasteiger partial charge on any atom is 0.308 e. The lowest BCUT2D eigenvalue weighted by molar-refractivity contribution is -0.207. The first-order valence-electron chi connectivity index (χ1n) is 9.20. The Morgan fingerprint density at radius 3 is 2.86 bits per heavy atom. The number of ether oxygens (including phenoxy) is 1. The molecule has 0 N–H and O–H groups in total. The first kappa shape index (κ1) is 16.1. The Morgan fingerprint density at radius 1 is 1.45 bits per heavy atom. The molecule has 124 valence electrons. The van der Waals surface area contributed by atoms with Gasteiger partial charge in [0, 0.05) is 5.41 Å². The van der Waals surface area contributed by atoms with Crippen molar-refractivity contribution in [3.63, 3.8) is 0 Å². The average Bonchev–Trinajstić information content (AvgIpc) is 2.80. The van der Waals surface area contributed by atoms with E-state index in [9.17, 15) is 4.79 Å². The Bertz CT molecular complexity index is 494. The van der Waals surface area contributed by atoms with E-state index in [2.05, 4.69) is 26.8 Å². The third kappa shape index (κ3) is 2.02. The minimum atomic E-state index is -0.0104. The topological polar surface area (TPSA) is 26.3 Å². The summed E-state index contributed by atoms with van der Waals surface area (Å²) in [7, 11) is 0. The van der Waals surface area contributed by atoms with E-state index in [-0.39, 0.29) is 17.3 Å². The van der Waals surface area contributed by atoms with Crippen molar-refractivity contribution in [1.29, 1.82) is 0 Å². The molecule has 3 rings (SSSR count). The molecule has 2 saturated carbocycles. The molecule has 1 unspecified atom stereocenters. The summed E-state index contributed by atoms with van der Waals surface area (Å²) in [6.45, 7) is 11.7. The number of carbonyl (C=O) groups is 1. The van der Waals surface area contributed by atoms with Gasteiger partial charge in [-0.05, 0) is 62.2 Å². The van der Waals surface area contributed by atoms with Gasteiger partial charge < -0.3 is 4.74 Å². The average molecular weight is 304 g/mol. The Balaban J connectivity index is 1.79. The lowest BCUT2D eigenvalue weighted by Gasteiger charge is -2.68. The molecule has 0 aromatic carbocycles. The first-order chi connectivity index (χ1) is 10.4. The molecule has 0 aromatic rings. The largest absolute Gasteiger partial charge is 0.465 e. The molecule has 0 saturated heterocycles. The van der Waals surface area contributed by atoms with E-state index in [1.807, 2.05) is 13.8 Å². The number of rotatable bonds is 4. The summed E-state index contributed by atoms with van der Waals surface area (Å²) in [4.78, 5) is 12.1. The zero-order chi connectivity index (χ0) is 16.1. The molecule has 3 aliphatic carbocycles. The first-order valence-corrected chi connectivity index (χ1v) is 9.20. The molecule has 0 amide bonds. The van der Waals surface area contributed by atoms with Crippen molar-refractivity contribution in [3.05, 3.63) is 11.6 Å². The van der Waals surface area contributed by atoms with E-state index < -0.39 is 0 Å². The fourth-order valence-corrected chi connectivity index (χ4v) is 5.93. The third-order valence-corrected chi connectivity index (χ3v) is 7.48. The molecule has 0 aromatic heterocycles. The SMILES string of the molecule is CCC(C)C(=O)OC[C@@]1(C)[C@H]2C=C(C)CC[C@@]23[C@@H]1CC[C@@H]3C. The highest BCUT2D eigenvalue weighted by Crippen LogP contribution is 2.76. The van der Waals surface area contributed by atoms with Crippen molar-refractivity contribution < 1.29 is 9.53 Å². The van der Waals surface area contributed by atoms with Gasteiger partial charge >= 0.3 is 5.97 Å². The normalized spacial score (nSPS) is 44.4. The smallest absolute Gasteiger partial charge is 0.308 e. The van der Waals surface area contributed by atoms with Crippen LogP contribution in [0.25, 0.3) is 0 Å². The highest BCUT2D eigenvalue weighted by Gasteiger charge is 2.71. The van der Waals surface area contributed by atoms with Gasteiger partial charge in [0.25, 0.3) is 0 Å². The summed E-state index contributed by atoms with van der Waals surface area (Å²) in [5.41, 5.74) is 2.21. The monoisotopic (exact) mass is 304 g/mol. The maximum atomic E-state index is 12.1. The van der Waals surface area contributed by atoms with Gasteiger partial charge in [0.2, 0.25) is 0 Å². The number of hydrogen-bond donors (Lipinski definition) is 0. The standard InChI is InChI=1S/C20H32O2/c1-6-14(3)18(21)22-12-19(5)16-8-7-15(4)20(16)10-9-13(2)11-17(19)20/h11,14-17H,6-10,12H2,1-5H3/t14?,15-,16+,17+,19+,20+/m0/s1. The second-order valence-corrected chi connectivity index (χ2v) is 8.56. The molecule has 2 fully saturated rings. The molecule has 0 radical (unpaired) electrons. The minimum absolute atomic E-state index is 0.0104. The van der Waals surface area contributed by atoms with Crippen molar-refractivity contribution in [2.24, 2.45) is 34.5 Å². The molecule has 1 spiro atoms. The summed E-state index contributed by atoms with van der Waals surface area (Å²) in [5, 5.41) is 0. The molecule has 6 atom stereocenters. The van der Waals surface area contributed by atoms with Crippen molar-refractivity contribution in [2.75, 3.05) is 6.61 Å². The second kappa shape index (κ2) is 5.39. The van der Waals surface area contributed by atoms with Crippen LogP contribution in [-0.4, -0.2) is 12.6 Å². The predicted molar refractivity (Wildman–Crippen MR) is 89.3 cm³/mol. The van der Waals surface area contributed by atoms with Crippen LogP contribution in [0.3, 0.4) is 0 Å². The fraction of sp³-hybridized carbons (Fsp3) is 0.850. The molecule has 3 aliphatic rings. The lowest BCUT2D eigenvalue weighted by atomic mass is 9.36. The summed E-state index contributed by atoms with van der Waals surface area (Å²) in [5.74, 6) is 2.20. The maximum absolute atomic E-state index is 12.1. The minimum Gasteiger partial charge on any atom is -0.465 e. The molecule has 2 nitrogen and oxygen atoms in total. The third-order valence-electron chi connectivity index (χ3n) is 7.48. The van der Waals surface area contributed by atoms with Crippen LogP contribution >= 0.6 is 0 Å². The van der Waals surface area contributed by atoms with Gasteiger partial charge in [-0.2, -0.15) is 0 Å². The van der Waals surface area contributed by atoms with Gasteiger partial charge in [0.15, 0.2) is 0 Å². The predicted octanol–water partition coefficient (Wildman–Crippen LogP) is 4.98. The molecule has 22 heavy (non-hydrogen) atoms. The highest BCUT2D eigenvalue weighted by molar-refractivity contribution is 5.71. The van der Waals surface area contributed by atoms with Crippen LogP contribution in [-0.2, 0) is 9.53 Å². The molecule has 0 aliphatic heterocycles. The van der Waals surface area contributed by atoms with E-state index in [1.54, 1.807) is 0 Å². The highest BCUT2D eigenvalue weighted by atomic mass is 16.5. The van der Waals surface area contributed by atoms with E-state index in [0.29, 0.717) is 17.9 Å². The van der Waals surface area contributed by atoms with Gasteiger partial charge in [-0.1, -0.05) is 39.3 Å². The van der Waals surface area contributed by atoms with Gasteiger partial charge in [0.1, 0.15) is 0 Å². The molecule has 0 heterocycles. The Hall–Kier alpha value is -0.790. The van der Waals surface area contributed by atoms with Crippen LogP contribution < -0.4 is 0 Å². The fourth-order valence-electron chi connectivity index (χ4n) is 5.93. The van der Waals surface area contributed by atoms with E-state index in [4.69, 9.17) is 4.74 Å². The number of carbonyl (C=O) groups excluding carboxylic acids is 1. The van der Waals surface area contributed by atoms with Crippen LogP contribution in [0.1, 0.15) is 66.7 Å². The Morgan fingerprint density at radius 2 is 2.18 bits per heavy atom. The molecular formula is C20H32O2. The summed E-state index contributed by atoms with van der Waals surface area (Å²) in [6, 6.07) is 0. The van der Waals surface area contributed by atoms with Gasteiger partial charge in [-0.25, -0.2) is 0 Å². The van der Waals surface area contributed by atoms with E-state index in [0.717, 1.165) is 18.3 Å². The zero-order valence-corrected chi connectivity index (χ0v) is 14.9. The van der Waals surface area contributed by atoms with Gasteiger partial charge in [-0.3, -0.25) is 4.79 Å². The van der Waals surface area contributed by atoms with Crippen LogP contribution in [0, 0.1) is 34.5 Å². The van der Waals surface area contributed by atoms with Crippen molar-refractivity contribution in [3.8, 4) is 0 Å². The van der Waals surface area contributed by atoms with Crippen LogP contribution in [0.4, 0.5) is 0 Å². The molecule has 2 heteroatoms. The number of hydrogen-bond acceptors (Lipinski definition) is 2. The van der Waals surface area contributed by atoms with Crippen LogP contribution in [0.15, 0.2) is 11.6 Å². The number of allylic oxidation sites excluding steroid dienone is 2. The van der Waals surface area contributed by atoms with Crippen molar-refractivity contribution in [2.45, 2.75) is 66.7 Å². The zero-order valence-electron chi connectivity index (χ0n) is 14.9.